The Morgan fingerprint density at radius 2 is 1.93 bits per heavy atom. The molecule has 3 saturated carbocycles. The number of rotatable bonds is 3. The Labute approximate surface area is 104 Å². The van der Waals surface area contributed by atoms with Gasteiger partial charge in [-0.1, -0.05) is 40.0 Å². The standard InChI is InChI=1S/C12H21BCl2/c1-4-5-9-10-6-8(12(10,2)3)7-11(9)13(14)15/h8-11H,4-7H2,1-3H3/t8-,9+,10+,11+/m0/s1. The van der Waals surface area contributed by atoms with E-state index in [1.54, 1.807) is 0 Å². The average Bonchev–Trinajstić information content (AvgIpc) is 2.17. The normalized spacial score (nSPS) is 42.2. The van der Waals surface area contributed by atoms with Crippen LogP contribution in [0.25, 0.3) is 0 Å². The molecule has 0 aromatic heterocycles. The average molecular weight is 247 g/mol. The van der Waals surface area contributed by atoms with Crippen LogP contribution in [-0.2, 0) is 0 Å². The highest BCUT2D eigenvalue weighted by atomic mass is 35.5. The fourth-order valence-corrected chi connectivity index (χ4v) is 4.60. The van der Waals surface area contributed by atoms with Gasteiger partial charge < -0.3 is 0 Å². The Morgan fingerprint density at radius 3 is 2.40 bits per heavy atom. The second-order valence-corrected chi connectivity index (χ2v) is 7.21. The summed E-state index contributed by atoms with van der Waals surface area (Å²) in [7, 11) is 0. The Balaban J connectivity index is 2.12. The molecule has 3 aliphatic carbocycles. The third-order valence-corrected chi connectivity index (χ3v) is 5.76. The van der Waals surface area contributed by atoms with Gasteiger partial charge in [-0.15, -0.1) is 0 Å². The molecule has 0 aliphatic heterocycles. The SMILES string of the molecule is CCC[C@@H]1[C@H]2C[C@@H](C[C@H]1B(Cl)Cl)C2(C)C. The van der Waals surface area contributed by atoms with Crippen LogP contribution in [0.1, 0.15) is 46.5 Å². The summed E-state index contributed by atoms with van der Waals surface area (Å²) >= 11 is 12.3. The topological polar surface area (TPSA) is 0 Å². The van der Waals surface area contributed by atoms with Gasteiger partial charge in [0, 0.05) is 0 Å². The van der Waals surface area contributed by atoms with Crippen molar-refractivity contribution in [2.45, 2.75) is 52.3 Å². The predicted octanol–water partition coefficient (Wildman–Crippen LogP) is 4.80. The van der Waals surface area contributed by atoms with Crippen molar-refractivity contribution in [3.8, 4) is 0 Å². The Kier molecular flexibility index (Phi) is 3.35. The molecule has 3 heteroatoms. The van der Waals surface area contributed by atoms with Crippen molar-refractivity contribution in [3.05, 3.63) is 0 Å². The summed E-state index contributed by atoms with van der Waals surface area (Å²) in [5, 5.41) is 0. The Bertz CT molecular complexity index is 238. The van der Waals surface area contributed by atoms with E-state index in [1.807, 2.05) is 0 Å². The number of halogens is 2. The summed E-state index contributed by atoms with van der Waals surface area (Å²) < 4.78 is 0. The minimum absolute atomic E-state index is 0.150. The summed E-state index contributed by atoms with van der Waals surface area (Å²) in [6.45, 7) is 7.14. The molecule has 0 unspecified atom stereocenters. The van der Waals surface area contributed by atoms with Gasteiger partial charge in [-0.3, -0.25) is 0 Å². The molecule has 3 aliphatic rings. The zero-order chi connectivity index (χ0) is 11.2. The van der Waals surface area contributed by atoms with Gasteiger partial charge in [-0.05, 0) is 35.4 Å². The number of fused-ring (bicyclic) bond motifs is 2. The predicted molar refractivity (Wildman–Crippen MR) is 69.6 cm³/mol. The van der Waals surface area contributed by atoms with Crippen LogP contribution in [0.5, 0.6) is 0 Å². The lowest BCUT2D eigenvalue weighted by atomic mass is 9.40. The molecule has 2 bridgehead atoms. The van der Waals surface area contributed by atoms with Crippen molar-refractivity contribution in [2.75, 3.05) is 0 Å². The number of hydrogen-bond donors (Lipinski definition) is 0. The maximum absolute atomic E-state index is 6.13. The van der Waals surface area contributed by atoms with Gasteiger partial charge in [0.15, 0.2) is 0 Å². The monoisotopic (exact) mass is 246 g/mol. The van der Waals surface area contributed by atoms with Crippen molar-refractivity contribution >= 4 is 28.5 Å². The van der Waals surface area contributed by atoms with E-state index >= 15 is 0 Å². The molecule has 0 nitrogen and oxygen atoms in total. The van der Waals surface area contributed by atoms with Crippen molar-refractivity contribution in [2.24, 2.45) is 23.2 Å². The zero-order valence-electron chi connectivity index (χ0n) is 9.97. The molecule has 0 N–H and O–H groups in total. The van der Waals surface area contributed by atoms with Crippen LogP contribution in [0.15, 0.2) is 0 Å². The summed E-state index contributed by atoms with van der Waals surface area (Å²) in [5.41, 5.74) is 0.405. The second-order valence-electron chi connectivity index (χ2n) is 6.05. The lowest BCUT2D eigenvalue weighted by molar-refractivity contribution is -0.106. The van der Waals surface area contributed by atoms with Crippen LogP contribution in [0.3, 0.4) is 0 Å². The molecule has 3 rings (SSSR count). The first-order valence-corrected chi connectivity index (χ1v) is 7.14. The van der Waals surface area contributed by atoms with Crippen molar-refractivity contribution in [3.63, 3.8) is 0 Å². The first-order valence-electron chi connectivity index (χ1n) is 6.26. The molecule has 86 valence electrons. The van der Waals surface area contributed by atoms with Crippen molar-refractivity contribution in [1.82, 2.24) is 0 Å². The molecule has 0 aromatic carbocycles. The largest absolute Gasteiger partial charge is 0.355 e. The Hall–Kier alpha value is 0.645. The first-order chi connectivity index (χ1) is 6.98. The quantitative estimate of drug-likeness (QED) is 0.628. The highest BCUT2D eigenvalue weighted by Crippen LogP contribution is 2.66. The van der Waals surface area contributed by atoms with Gasteiger partial charge in [-0.25, -0.2) is 0 Å². The van der Waals surface area contributed by atoms with E-state index in [-0.39, 0.29) is 5.54 Å². The van der Waals surface area contributed by atoms with Crippen LogP contribution >= 0.6 is 22.9 Å². The van der Waals surface area contributed by atoms with E-state index in [9.17, 15) is 0 Å². The molecule has 0 spiro atoms. The van der Waals surface area contributed by atoms with E-state index in [0.29, 0.717) is 11.2 Å². The molecule has 0 aromatic rings. The van der Waals surface area contributed by atoms with Crippen LogP contribution in [-0.4, -0.2) is 5.54 Å². The number of hydrogen-bond acceptors (Lipinski definition) is 0. The molecule has 0 radical (unpaired) electrons. The maximum atomic E-state index is 6.13. The zero-order valence-corrected chi connectivity index (χ0v) is 11.5. The molecule has 0 saturated heterocycles. The van der Waals surface area contributed by atoms with Crippen molar-refractivity contribution < 1.29 is 0 Å². The summed E-state index contributed by atoms with van der Waals surface area (Å²) in [4.78, 5) is 0. The van der Waals surface area contributed by atoms with Crippen LogP contribution < -0.4 is 0 Å². The molecule has 3 fully saturated rings. The van der Waals surface area contributed by atoms with Crippen molar-refractivity contribution in [1.29, 1.82) is 0 Å². The molecular weight excluding hydrogens is 226 g/mol. The van der Waals surface area contributed by atoms with E-state index in [0.717, 1.165) is 17.8 Å². The van der Waals surface area contributed by atoms with E-state index in [1.165, 1.54) is 25.7 Å². The van der Waals surface area contributed by atoms with Crippen LogP contribution in [0, 0.1) is 23.2 Å². The fraction of sp³-hybridized carbons (Fsp3) is 1.00. The fourth-order valence-electron chi connectivity index (χ4n) is 4.02. The highest BCUT2D eigenvalue weighted by molar-refractivity contribution is 7.34. The van der Waals surface area contributed by atoms with Gasteiger partial charge >= 0.3 is 5.54 Å². The lowest BCUT2D eigenvalue weighted by Gasteiger charge is -2.63. The van der Waals surface area contributed by atoms with E-state index < -0.39 is 0 Å². The smallest absolute Gasteiger partial charge is 0.171 e. The minimum atomic E-state index is -0.150. The third-order valence-electron chi connectivity index (χ3n) is 5.12. The summed E-state index contributed by atoms with van der Waals surface area (Å²) in [6, 6.07) is 0. The molecule has 4 atom stereocenters. The molecular formula is C12H21BCl2. The summed E-state index contributed by atoms with van der Waals surface area (Å²) in [5.74, 6) is 3.09. The first kappa shape index (κ1) is 12.1. The highest BCUT2D eigenvalue weighted by Gasteiger charge is 2.58. The minimum Gasteiger partial charge on any atom is -0.171 e. The van der Waals surface area contributed by atoms with Gasteiger partial charge in [-0.2, -0.15) is 22.9 Å². The molecule has 15 heavy (non-hydrogen) atoms. The lowest BCUT2D eigenvalue weighted by Crippen LogP contribution is -2.55. The second kappa shape index (κ2) is 4.15. The van der Waals surface area contributed by atoms with Gasteiger partial charge in [0.2, 0.25) is 0 Å². The van der Waals surface area contributed by atoms with Gasteiger partial charge in [0.05, 0.1) is 0 Å². The van der Waals surface area contributed by atoms with Crippen LogP contribution in [0.2, 0.25) is 5.82 Å². The van der Waals surface area contributed by atoms with Gasteiger partial charge in [0.25, 0.3) is 0 Å². The molecule has 0 heterocycles. The van der Waals surface area contributed by atoms with Crippen LogP contribution in [0.4, 0.5) is 0 Å². The van der Waals surface area contributed by atoms with E-state index in [4.69, 9.17) is 22.9 Å². The Morgan fingerprint density at radius 1 is 1.27 bits per heavy atom. The molecule has 0 amide bonds. The van der Waals surface area contributed by atoms with E-state index in [2.05, 4.69) is 20.8 Å². The third kappa shape index (κ3) is 1.84. The maximum Gasteiger partial charge on any atom is 0.355 e. The van der Waals surface area contributed by atoms with Gasteiger partial charge in [0.1, 0.15) is 0 Å². The summed E-state index contributed by atoms with van der Waals surface area (Å²) in [6.07, 6.45) is 5.25.